The zero-order valence-electron chi connectivity index (χ0n) is 71.5. The number of aliphatic carboxylic acids is 5. The molecule has 43 nitrogen and oxygen atoms in total. The van der Waals surface area contributed by atoms with Gasteiger partial charge in [-0.2, -0.15) is 0 Å². The topological polar surface area (TPSA) is 646 Å². The van der Waals surface area contributed by atoms with Crippen LogP contribution in [0.1, 0.15) is 189 Å². The van der Waals surface area contributed by atoms with Gasteiger partial charge in [0.05, 0.1) is 18.9 Å². The number of aromatic hydroxyl groups is 1. The van der Waals surface area contributed by atoms with Gasteiger partial charge in [-0.15, -0.1) is 11.3 Å². The van der Waals surface area contributed by atoms with Gasteiger partial charge in [-0.05, 0) is 125 Å². The van der Waals surface area contributed by atoms with Gasteiger partial charge in [0, 0.05) is 80.7 Å². The molecular weight excluding hydrogens is 1710 g/mol. The van der Waals surface area contributed by atoms with Crippen LogP contribution in [-0.2, 0) is 95.9 Å². The van der Waals surface area contributed by atoms with Crippen molar-refractivity contribution in [1.29, 1.82) is 0 Å². The summed E-state index contributed by atoms with van der Waals surface area (Å²) in [5.74, 6) is -15.9. The Kier molecular flexibility index (Phi) is 47.5. The van der Waals surface area contributed by atoms with Gasteiger partial charge in [-0.25, -0.2) is 44.0 Å². The molecule has 1 saturated heterocycles. The number of esters is 2. The number of carbonyl (C=O) groups excluding carboxylic acids is 13. The van der Waals surface area contributed by atoms with E-state index in [-0.39, 0.29) is 136 Å². The molecule has 14 amide bonds. The standard InChI is InChI=1S/C80H118N16O27S3/c1-9-16-65(104)122-43-96(73(110)66(45(5)10-2)92-71(109)59-19-12-14-32-95(59)8)60(44(3)4)39-61(123-47(7)97)72-89-57(41-124-72)70(108)85-51(36-48-24-26-52(98)27-25-48)35-46(6)67(105)93-94-80(120)121-33-34-125-126-42-58(76(115)116)88-69(107)56(38-64(102)103)87-68(106)53(18-15-31-82-77(81)117)86-62(99)37-49-20-22-50(23-21-49)40-84-78(118)83-30-13-11-17-54(74(111)112)90-79(119)91-55(75(113)114)28-29-63(100)101/h20-27,41,44-46,51,53-56,58-61,66,98H,9-19,28-40,42-43H2,1-8H3,(H,85,108)(H,86,99)(H,87,106)(H,88,107)(H,92,109)(H,93,105)(H,94,120)(H,100,101)(H,102,103)(H,111,112)(H,113,114)(H,115,116)(H3,81,82,117)(H2,83,84,118)(H2,90,91,119)/t45?,46-,51+,53-,54-,55-,56-,58-,59+,60+,61+,66-/m0/s1. The zero-order chi connectivity index (χ0) is 93.7. The molecule has 0 spiro atoms. The quantitative estimate of drug-likeness (QED) is 0.00963. The van der Waals surface area contributed by atoms with E-state index in [0.29, 0.717) is 42.5 Å². The summed E-state index contributed by atoms with van der Waals surface area (Å²) in [6.45, 7) is 11.9. The number of nitrogens with two attached hydrogens (primary N) is 1. The van der Waals surface area contributed by atoms with E-state index >= 15 is 4.79 Å². The SMILES string of the molecule is CCCC(=O)OCN(C(=O)[C@@H](NC(=O)[C@H]1CCCCN1C)C(C)CC)[C@H](C[C@@H](OC(C)=O)c1nc(C(=O)N[C@@H](Cc2ccc(O)cc2)C[C@H](C)C(=O)NNC(=O)OCCSSC[C@H](NC(=O)[C@H](CC(=O)O)NC(=O)[C@H](CCCNC(N)=O)NC(=O)Cc2ccc(CNC(=O)NCCCC[C@H](NC(=O)N[C@@H](CCC(=O)O)C(=O)O)C(=O)O)cc2)C(=O)O)cs1)C(C)C. The van der Waals surface area contributed by atoms with Crippen molar-refractivity contribution in [3.05, 3.63) is 81.3 Å². The second-order valence-corrected chi connectivity index (χ2v) is 33.9. The van der Waals surface area contributed by atoms with Crippen LogP contribution in [0.4, 0.5) is 19.2 Å². The van der Waals surface area contributed by atoms with Crippen molar-refractivity contribution in [3.8, 4) is 5.75 Å². The molecule has 1 fully saturated rings. The second kappa shape index (κ2) is 56.2. The third-order valence-electron chi connectivity index (χ3n) is 19.9. The average molecular weight is 1830 g/mol. The van der Waals surface area contributed by atoms with Crippen molar-refractivity contribution < 1.29 is 131 Å². The number of primary amides is 1. The number of likely N-dealkylation sites (tertiary alicyclic amines) is 1. The van der Waals surface area contributed by atoms with Gasteiger partial charge in [0.25, 0.3) is 5.91 Å². The van der Waals surface area contributed by atoms with Gasteiger partial charge >= 0.3 is 66.0 Å². The fourth-order valence-electron chi connectivity index (χ4n) is 12.9. The molecule has 2 heterocycles. The number of benzene rings is 2. The molecule has 46 heteroatoms. The number of hydrazine groups is 1. The number of nitrogens with one attached hydrogen (secondary N) is 12. The van der Waals surface area contributed by atoms with E-state index in [1.807, 2.05) is 45.0 Å². The lowest BCUT2D eigenvalue weighted by Gasteiger charge is -2.39. The van der Waals surface area contributed by atoms with Gasteiger partial charge in [0.2, 0.25) is 35.4 Å². The van der Waals surface area contributed by atoms with Gasteiger partial charge in [-0.3, -0.25) is 63.1 Å². The minimum atomic E-state index is -1.90. The van der Waals surface area contributed by atoms with Gasteiger partial charge in [0.15, 0.2) is 12.8 Å². The van der Waals surface area contributed by atoms with E-state index in [4.69, 9.17) is 25.1 Å². The Morgan fingerprint density at radius 3 is 1.88 bits per heavy atom. The van der Waals surface area contributed by atoms with E-state index in [9.17, 15) is 107 Å². The molecular formula is C80H118N16O27S3. The first-order chi connectivity index (χ1) is 59.7. The van der Waals surface area contributed by atoms with Crippen LogP contribution in [-0.4, -0.2) is 259 Å². The van der Waals surface area contributed by atoms with Crippen molar-refractivity contribution in [2.45, 2.75) is 231 Å². The predicted molar refractivity (Wildman–Crippen MR) is 457 cm³/mol. The first-order valence-corrected chi connectivity index (χ1v) is 44.4. The minimum absolute atomic E-state index is 0.00575. The molecule has 1 unspecified atom stereocenters. The lowest BCUT2D eigenvalue weighted by molar-refractivity contribution is -0.161. The summed E-state index contributed by atoms with van der Waals surface area (Å²) >= 11 is 1.00. The number of ether oxygens (including phenoxy) is 3. The number of likely N-dealkylation sites (N-methyl/N-ethyl adjacent to an activating group) is 1. The number of aromatic nitrogens is 1. The lowest BCUT2D eigenvalue weighted by Crippen LogP contribution is -2.59. The highest BCUT2D eigenvalue weighted by molar-refractivity contribution is 8.76. The normalized spacial score (nSPS) is 15.1. The number of piperidine rings is 1. The number of carbonyl (C=O) groups is 18. The summed E-state index contributed by atoms with van der Waals surface area (Å²) in [5.41, 5.74) is 11.2. The Hall–Kier alpha value is -11.8. The van der Waals surface area contributed by atoms with Crippen LogP contribution < -0.4 is 69.8 Å². The number of thiazole rings is 1. The zero-order valence-corrected chi connectivity index (χ0v) is 73.9. The Balaban J connectivity index is 1.31. The number of nitrogens with zero attached hydrogens (tertiary/aromatic N) is 3. The number of unbranched alkanes of at least 4 members (excludes halogenated alkanes) is 1. The van der Waals surface area contributed by atoms with Crippen molar-refractivity contribution in [1.82, 2.24) is 78.8 Å². The third kappa shape index (κ3) is 40.4. The van der Waals surface area contributed by atoms with E-state index in [1.54, 1.807) is 43.3 Å². The number of hydrogen-bond acceptors (Lipinski definition) is 27. The maximum atomic E-state index is 15.0. The molecule has 1 aliphatic heterocycles. The third-order valence-corrected chi connectivity index (χ3v) is 23.2. The molecule has 4 rings (SSSR count). The number of rotatable bonds is 56. The lowest BCUT2D eigenvalue weighted by atomic mass is 9.92. The van der Waals surface area contributed by atoms with Crippen LogP contribution in [0, 0.1) is 17.8 Å². The van der Waals surface area contributed by atoms with Crippen molar-refractivity contribution in [2.24, 2.45) is 23.5 Å². The molecule has 20 N–H and O–H groups in total. The predicted octanol–water partition coefficient (Wildman–Crippen LogP) is 3.26. The maximum Gasteiger partial charge on any atom is 0.426 e. The molecule has 0 aliphatic carbocycles. The number of carboxylic acid groups (broad SMARTS) is 5. The number of urea groups is 3. The largest absolute Gasteiger partial charge is 0.508 e. The Morgan fingerprint density at radius 1 is 0.643 bits per heavy atom. The van der Waals surface area contributed by atoms with Crippen LogP contribution >= 0.6 is 32.9 Å². The van der Waals surface area contributed by atoms with Crippen LogP contribution in [0.3, 0.4) is 0 Å². The van der Waals surface area contributed by atoms with Gasteiger partial charge < -0.3 is 109 Å². The monoisotopic (exact) mass is 1830 g/mol. The van der Waals surface area contributed by atoms with Crippen LogP contribution in [0.5, 0.6) is 5.75 Å². The van der Waals surface area contributed by atoms with E-state index < -0.39 is 194 Å². The highest BCUT2D eigenvalue weighted by atomic mass is 33.1. The van der Waals surface area contributed by atoms with Gasteiger partial charge in [0.1, 0.15) is 59.3 Å². The highest BCUT2D eigenvalue weighted by Gasteiger charge is 2.41. The highest BCUT2D eigenvalue weighted by Crippen LogP contribution is 2.33. The van der Waals surface area contributed by atoms with Crippen LogP contribution in [0.2, 0.25) is 0 Å². The number of hydrogen-bond donors (Lipinski definition) is 19. The number of phenols is 1. The van der Waals surface area contributed by atoms with Crippen molar-refractivity contribution in [2.75, 3.05) is 51.5 Å². The maximum absolute atomic E-state index is 15.0. The number of carboxylic acids is 5. The molecule has 3 aromatic rings. The Morgan fingerprint density at radius 2 is 1.27 bits per heavy atom. The van der Waals surface area contributed by atoms with Crippen LogP contribution in [0.25, 0.3) is 0 Å². The summed E-state index contributed by atoms with van der Waals surface area (Å²) in [4.78, 5) is 239. The van der Waals surface area contributed by atoms with E-state index in [2.05, 4.69) is 63.7 Å². The minimum Gasteiger partial charge on any atom is -0.508 e. The van der Waals surface area contributed by atoms with E-state index in [0.717, 1.165) is 45.8 Å². The summed E-state index contributed by atoms with van der Waals surface area (Å²) < 4.78 is 16.8. The molecule has 1 aliphatic rings. The second-order valence-electron chi connectivity index (χ2n) is 30.4. The van der Waals surface area contributed by atoms with E-state index in [1.165, 1.54) is 36.3 Å². The molecule has 126 heavy (non-hydrogen) atoms. The summed E-state index contributed by atoms with van der Waals surface area (Å²) in [5, 5.41) is 83.9. The molecule has 12 atom stereocenters. The van der Waals surface area contributed by atoms with Gasteiger partial charge in [-0.1, -0.05) is 112 Å². The first-order valence-electron chi connectivity index (χ1n) is 41.1. The van der Waals surface area contributed by atoms with Crippen molar-refractivity contribution >= 4 is 140 Å². The number of phenolic OH excluding ortho intramolecular Hbond substituents is 1. The Bertz CT molecular complexity index is 4170. The summed E-state index contributed by atoms with van der Waals surface area (Å²) in [6.07, 6.45) is -0.984. The molecule has 0 radical (unpaired) electrons. The first kappa shape index (κ1) is 107. The fraction of sp³-hybridized carbons (Fsp3) is 0.588. The summed E-state index contributed by atoms with van der Waals surface area (Å²) in [7, 11) is 3.76. The molecule has 1 aromatic heterocycles. The molecule has 698 valence electrons. The Labute approximate surface area is 739 Å². The van der Waals surface area contributed by atoms with Crippen molar-refractivity contribution in [3.63, 3.8) is 0 Å². The fourth-order valence-corrected chi connectivity index (χ4v) is 15.7. The number of amides is 14. The van der Waals surface area contributed by atoms with Crippen LogP contribution in [0.15, 0.2) is 53.9 Å². The smallest absolute Gasteiger partial charge is 0.426 e. The molecule has 2 aromatic carbocycles. The molecule has 0 bridgehead atoms. The molecule has 0 saturated carbocycles. The average Bonchev–Trinajstić information content (AvgIpc) is 1.33. The summed E-state index contributed by atoms with van der Waals surface area (Å²) in [6, 6.07) is -1.38.